The van der Waals surface area contributed by atoms with Crippen molar-refractivity contribution in [3.63, 3.8) is 0 Å². The standard InChI is InChI=1S/C13H16N4O/c1-4-14-13(18)12-10(3)17(16-15-12)11-7-5-9(2)6-8-11/h5-8H,4H2,1-3H3,(H,14,18). The molecule has 0 spiro atoms. The van der Waals surface area contributed by atoms with Gasteiger partial charge in [0.2, 0.25) is 0 Å². The van der Waals surface area contributed by atoms with E-state index < -0.39 is 0 Å². The molecular formula is C13H16N4O. The first-order chi connectivity index (χ1) is 8.63. The molecule has 5 nitrogen and oxygen atoms in total. The van der Waals surface area contributed by atoms with E-state index in [1.165, 1.54) is 5.56 Å². The van der Waals surface area contributed by atoms with Gasteiger partial charge in [-0.3, -0.25) is 4.79 Å². The van der Waals surface area contributed by atoms with E-state index in [1.54, 1.807) is 4.68 Å². The third-order valence-electron chi connectivity index (χ3n) is 2.73. The van der Waals surface area contributed by atoms with Crippen molar-refractivity contribution >= 4 is 5.91 Å². The van der Waals surface area contributed by atoms with Gasteiger partial charge < -0.3 is 5.32 Å². The van der Waals surface area contributed by atoms with Gasteiger partial charge in [-0.1, -0.05) is 22.9 Å². The molecule has 2 aromatic rings. The maximum absolute atomic E-state index is 11.7. The fourth-order valence-corrected chi connectivity index (χ4v) is 1.71. The van der Waals surface area contributed by atoms with E-state index in [0.717, 1.165) is 11.4 Å². The van der Waals surface area contributed by atoms with E-state index in [-0.39, 0.29) is 5.91 Å². The van der Waals surface area contributed by atoms with Crippen LogP contribution in [0.3, 0.4) is 0 Å². The van der Waals surface area contributed by atoms with Crippen molar-refractivity contribution in [3.8, 4) is 5.69 Å². The van der Waals surface area contributed by atoms with E-state index in [4.69, 9.17) is 0 Å². The summed E-state index contributed by atoms with van der Waals surface area (Å²) in [6.07, 6.45) is 0. The molecule has 0 radical (unpaired) electrons. The van der Waals surface area contributed by atoms with Crippen LogP contribution in [-0.2, 0) is 0 Å². The first-order valence-corrected chi connectivity index (χ1v) is 5.91. The van der Waals surface area contributed by atoms with Crippen LogP contribution in [0.1, 0.15) is 28.7 Å². The Morgan fingerprint density at radius 1 is 1.28 bits per heavy atom. The number of nitrogens with one attached hydrogen (secondary N) is 1. The molecule has 18 heavy (non-hydrogen) atoms. The zero-order valence-electron chi connectivity index (χ0n) is 10.8. The zero-order valence-corrected chi connectivity index (χ0v) is 10.8. The average Bonchev–Trinajstić information content (AvgIpc) is 2.73. The SMILES string of the molecule is CCNC(=O)c1nnn(-c2ccc(C)cc2)c1C. The molecule has 1 heterocycles. The van der Waals surface area contributed by atoms with Gasteiger partial charge in [-0.15, -0.1) is 5.10 Å². The van der Waals surface area contributed by atoms with Gasteiger partial charge in [-0.2, -0.15) is 0 Å². The molecule has 1 amide bonds. The Labute approximate surface area is 106 Å². The molecule has 1 aromatic heterocycles. The molecule has 94 valence electrons. The summed E-state index contributed by atoms with van der Waals surface area (Å²) in [4.78, 5) is 11.7. The van der Waals surface area contributed by atoms with Gasteiger partial charge in [0.15, 0.2) is 5.69 Å². The number of carbonyl (C=O) groups is 1. The summed E-state index contributed by atoms with van der Waals surface area (Å²) in [7, 11) is 0. The Hall–Kier alpha value is -2.17. The van der Waals surface area contributed by atoms with Gasteiger partial charge in [0, 0.05) is 6.54 Å². The molecule has 0 fully saturated rings. The molecule has 1 N–H and O–H groups in total. The minimum Gasteiger partial charge on any atom is -0.351 e. The van der Waals surface area contributed by atoms with Crippen molar-refractivity contribution in [2.24, 2.45) is 0 Å². The first kappa shape index (κ1) is 12.3. The van der Waals surface area contributed by atoms with Crippen LogP contribution in [0.25, 0.3) is 5.69 Å². The van der Waals surface area contributed by atoms with Crippen molar-refractivity contribution < 1.29 is 4.79 Å². The molecule has 5 heteroatoms. The van der Waals surface area contributed by atoms with Gasteiger partial charge in [-0.05, 0) is 32.9 Å². The minimum absolute atomic E-state index is 0.187. The number of aryl methyl sites for hydroxylation is 1. The summed E-state index contributed by atoms with van der Waals surface area (Å²) in [5.41, 5.74) is 3.20. The topological polar surface area (TPSA) is 59.8 Å². The predicted octanol–water partition coefficient (Wildman–Crippen LogP) is 1.63. The van der Waals surface area contributed by atoms with Crippen molar-refractivity contribution in [2.45, 2.75) is 20.8 Å². The summed E-state index contributed by atoms with van der Waals surface area (Å²) in [6, 6.07) is 7.92. The molecule has 0 aliphatic rings. The number of carbonyl (C=O) groups excluding carboxylic acids is 1. The lowest BCUT2D eigenvalue weighted by Gasteiger charge is -2.04. The summed E-state index contributed by atoms with van der Waals surface area (Å²) in [5.74, 6) is -0.187. The Bertz CT molecular complexity index is 557. The second kappa shape index (κ2) is 5.00. The van der Waals surface area contributed by atoms with E-state index in [1.807, 2.05) is 45.0 Å². The normalized spacial score (nSPS) is 10.4. The lowest BCUT2D eigenvalue weighted by molar-refractivity contribution is 0.0950. The third-order valence-corrected chi connectivity index (χ3v) is 2.73. The molecule has 0 bridgehead atoms. The minimum atomic E-state index is -0.187. The molecule has 0 saturated heterocycles. The number of rotatable bonds is 3. The average molecular weight is 244 g/mol. The number of hydrogen-bond donors (Lipinski definition) is 1. The molecule has 0 aliphatic carbocycles. The van der Waals surface area contributed by atoms with Crippen LogP contribution in [0.5, 0.6) is 0 Å². The van der Waals surface area contributed by atoms with Crippen LogP contribution in [0.2, 0.25) is 0 Å². The maximum Gasteiger partial charge on any atom is 0.273 e. The Balaban J connectivity index is 2.36. The molecule has 0 saturated carbocycles. The lowest BCUT2D eigenvalue weighted by atomic mass is 10.2. The van der Waals surface area contributed by atoms with Crippen molar-refractivity contribution in [3.05, 3.63) is 41.2 Å². The zero-order chi connectivity index (χ0) is 13.1. The summed E-state index contributed by atoms with van der Waals surface area (Å²) in [5, 5.41) is 10.7. The molecular weight excluding hydrogens is 228 g/mol. The monoisotopic (exact) mass is 244 g/mol. The van der Waals surface area contributed by atoms with Gasteiger partial charge in [0.05, 0.1) is 11.4 Å². The molecule has 0 atom stereocenters. The number of aromatic nitrogens is 3. The highest BCUT2D eigenvalue weighted by atomic mass is 16.2. The van der Waals surface area contributed by atoms with Crippen molar-refractivity contribution in [2.75, 3.05) is 6.54 Å². The van der Waals surface area contributed by atoms with Gasteiger partial charge in [-0.25, -0.2) is 4.68 Å². The highest BCUT2D eigenvalue weighted by molar-refractivity contribution is 5.93. The largest absolute Gasteiger partial charge is 0.351 e. The molecule has 2 rings (SSSR count). The van der Waals surface area contributed by atoms with Crippen LogP contribution in [-0.4, -0.2) is 27.4 Å². The fourth-order valence-electron chi connectivity index (χ4n) is 1.71. The Kier molecular flexibility index (Phi) is 3.41. The molecule has 0 aliphatic heterocycles. The summed E-state index contributed by atoms with van der Waals surface area (Å²) < 4.78 is 1.67. The maximum atomic E-state index is 11.7. The van der Waals surface area contributed by atoms with E-state index in [2.05, 4.69) is 15.6 Å². The van der Waals surface area contributed by atoms with Crippen molar-refractivity contribution in [1.82, 2.24) is 20.3 Å². The molecule has 1 aromatic carbocycles. The van der Waals surface area contributed by atoms with Crippen LogP contribution in [0.4, 0.5) is 0 Å². The lowest BCUT2D eigenvalue weighted by Crippen LogP contribution is -2.24. The molecule has 0 unspecified atom stereocenters. The van der Waals surface area contributed by atoms with Crippen LogP contribution in [0.15, 0.2) is 24.3 Å². The van der Waals surface area contributed by atoms with Crippen LogP contribution >= 0.6 is 0 Å². The van der Waals surface area contributed by atoms with E-state index in [0.29, 0.717) is 12.2 Å². The van der Waals surface area contributed by atoms with Gasteiger partial charge in [0.25, 0.3) is 5.91 Å². The first-order valence-electron chi connectivity index (χ1n) is 5.91. The van der Waals surface area contributed by atoms with E-state index in [9.17, 15) is 4.79 Å². The number of benzene rings is 1. The number of amides is 1. The van der Waals surface area contributed by atoms with Crippen LogP contribution < -0.4 is 5.32 Å². The highest BCUT2D eigenvalue weighted by Gasteiger charge is 2.16. The van der Waals surface area contributed by atoms with Crippen molar-refractivity contribution in [1.29, 1.82) is 0 Å². The van der Waals surface area contributed by atoms with E-state index >= 15 is 0 Å². The van der Waals surface area contributed by atoms with Gasteiger partial charge in [0.1, 0.15) is 0 Å². The number of nitrogens with zero attached hydrogens (tertiary/aromatic N) is 3. The predicted molar refractivity (Wildman–Crippen MR) is 68.8 cm³/mol. The fraction of sp³-hybridized carbons (Fsp3) is 0.308. The second-order valence-electron chi connectivity index (χ2n) is 4.13. The highest BCUT2D eigenvalue weighted by Crippen LogP contribution is 2.12. The summed E-state index contributed by atoms with van der Waals surface area (Å²) in [6.45, 7) is 6.32. The second-order valence-corrected chi connectivity index (χ2v) is 4.13. The smallest absolute Gasteiger partial charge is 0.273 e. The Morgan fingerprint density at radius 2 is 1.94 bits per heavy atom. The quantitative estimate of drug-likeness (QED) is 0.892. The summed E-state index contributed by atoms with van der Waals surface area (Å²) >= 11 is 0. The van der Waals surface area contributed by atoms with Crippen LogP contribution in [0, 0.1) is 13.8 Å². The van der Waals surface area contributed by atoms with Gasteiger partial charge >= 0.3 is 0 Å². The third kappa shape index (κ3) is 2.25. The number of hydrogen-bond acceptors (Lipinski definition) is 3. The Morgan fingerprint density at radius 3 is 2.56 bits per heavy atom.